The zero-order chi connectivity index (χ0) is 13.3. The predicted molar refractivity (Wildman–Crippen MR) is 75.2 cm³/mol. The Morgan fingerprint density at radius 2 is 2.00 bits per heavy atom. The Kier molecular flexibility index (Phi) is 3.93. The van der Waals surface area contributed by atoms with Crippen LogP contribution < -0.4 is 15.8 Å². The quantitative estimate of drug-likeness (QED) is 0.841. The Labute approximate surface area is 110 Å². The molecule has 3 heteroatoms. The van der Waals surface area contributed by atoms with Crippen molar-refractivity contribution in [2.45, 2.75) is 45.7 Å². The third-order valence-corrected chi connectivity index (χ3v) is 3.87. The van der Waals surface area contributed by atoms with Gasteiger partial charge in [0.05, 0.1) is 7.11 Å². The maximum Gasteiger partial charge on any atom is 0.124 e. The molecule has 0 aromatic heterocycles. The summed E-state index contributed by atoms with van der Waals surface area (Å²) in [5.74, 6) is 0.985. The van der Waals surface area contributed by atoms with E-state index in [2.05, 4.69) is 32.2 Å². The molecule has 100 valence electrons. The summed E-state index contributed by atoms with van der Waals surface area (Å²) in [4.78, 5) is 0. The van der Waals surface area contributed by atoms with Gasteiger partial charge >= 0.3 is 0 Å². The van der Waals surface area contributed by atoms with Crippen LogP contribution in [0.4, 0.5) is 0 Å². The lowest BCUT2D eigenvalue weighted by Crippen LogP contribution is -2.29. The number of hydrogen-bond donors (Lipinski definition) is 2. The van der Waals surface area contributed by atoms with E-state index in [1.165, 1.54) is 29.5 Å². The number of ether oxygens (including phenoxy) is 1. The number of rotatable bonds is 5. The first-order valence-corrected chi connectivity index (χ1v) is 6.68. The molecular weight excluding hydrogens is 224 g/mol. The normalized spacial score (nSPS) is 16.7. The van der Waals surface area contributed by atoms with Crippen molar-refractivity contribution >= 4 is 0 Å². The van der Waals surface area contributed by atoms with Gasteiger partial charge in [-0.15, -0.1) is 0 Å². The molecule has 18 heavy (non-hydrogen) atoms. The van der Waals surface area contributed by atoms with Gasteiger partial charge in [0.2, 0.25) is 0 Å². The highest BCUT2D eigenvalue weighted by atomic mass is 16.5. The summed E-state index contributed by atoms with van der Waals surface area (Å²) in [6, 6.07) is 2.94. The Bertz CT molecular complexity index is 439. The molecule has 0 saturated heterocycles. The fourth-order valence-electron chi connectivity index (χ4n) is 2.48. The van der Waals surface area contributed by atoms with Crippen molar-refractivity contribution in [3.8, 4) is 5.75 Å². The summed E-state index contributed by atoms with van der Waals surface area (Å²) in [5, 5.41) is 3.49. The van der Waals surface area contributed by atoms with E-state index in [1.54, 1.807) is 7.11 Å². The van der Waals surface area contributed by atoms with Gasteiger partial charge in [0.25, 0.3) is 0 Å². The van der Waals surface area contributed by atoms with E-state index in [0.29, 0.717) is 6.04 Å². The highest BCUT2D eigenvalue weighted by molar-refractivity contribution is 5.50. The smallest absolute Gasteiger partial charge is 0.124 e. The molecule has 0 bridgehead atoms. The highest BCUT2D eigenvalue weighted by Gasteiger charge is 2.22. The largest absolute Gasteiger partial charge is 0.496 e. The second-order valence-electron chi connectivity index (χ2n) is 5.35. The van der Waals surface area contributed by atoms with Gasteiger partial charge < -0.3 is 15.8 Å². The molecular formula is C15H24N2O. The lowest BCUT2D eigenvalue weighted by Gasteiger charge is -2.20. The first-order valence-electron chi connectivity index (χ1n) is 6.68. The van der Waals surface area contributed by atoms with Crippen LogP contribution in [0.25, 0.3) is 0 Å². The van der Waals surface area contributed by atoms with Gasteiger partial charge in [-0.2, -0.15) is 0 Å². The van der Waals surface area contributed by atoms with Crippen molar-refractivity contribution in [1.29, 1.82) is 0 Å². The molecule has 1 aromatic carbocycles. The first-order chi connectivity index (χ1) is 8.54. The second-order valence-corrected chi connectivity index (χ2v) is 5.35. The minimum atomic E-state index is 0.0638. The van der Waals surface area contributed by atoms with Gasteiger partial charge in [-0.1, -0.05) is 6.07 Å². The molecule has 3 N–H and O–H groups in total. The number of methoxy groups -OCH3 is 1. The van der Waals surface area contributed by atoms with Crippen LogP contribution >= 0.6 is 0 Å². The lowest BCUT2D eigenvalue weighted by molar-refractivity contribution is 0.407. The van der Waals surface area contributed by atoms with E-state index in [9.17, 15) is 0 Å². The maximum absolute atomic E-state index is 6.30. The highest BCUT2D eigenvalue weighted by Crippen LogP contribution is 2.31. The predicted octanol–water partition coefficient (Wildman–Crippen LogP) is 2.37. The van der Waals surface area contributed by atoms with Gasteiger partial charge in [0, 0.05) is 18.6 Å². The van der Waals surface area contributed by atoms with E-state index in [0.717, 1.165) is 17.9 Å². The van der Waals surface area contributed by atoms with Crippen LogP contribution in [-0.2, 0) is 0 Å². The number of nitrogens with two attached hydrogens (primary N) is 1. The second kappa shape index (κ2) is 5.29. The van der Waals surface area contributed by atoms with E-state index >= 15 is 0 Å². The maximum atomic E-state index is 6.30. The SMILES string of the molecule is COc1c(C)cc(C(N)CNC2CC2)c(C)c1C. The number of aryl methyl sites for hydroxylation is 1. The Balaban J connectivity index is 2.20. The van der Waals surface area contributed by atoms with Crippen LogP contribution in [0.1, 0.15) is 41.1 Å². The third kappa shape index (κ3) is 2.68. The van der Waals surface area contributed by atoms with Crippen LogP contribution in [0.5, 0.6) is 5.75 Å². The van der Waals surface area contributed by atoms with Crippen molar-refractivity contribution in [3.05, 3.63) is 28.3 Å². The summed E-state index contributed by atoms with van der Waals surface area (Å²) in [7, 11) is 1.73. The monoisotopic (exact) mass is 248 g/mol. The summed E-state index contributed by atoms with van der Waals surface area (Å²) in [5.41, 5.74) is 11.2. The van der Waals surface area contributed by atoms with Crippen molar-refractivity contribution < 1.29 is 4.74 Å². The van der Waals surface area contributed by atoms with Gasteiger partial charge in [-0.25, -0.2) is 0 Å². The van der Waals surface area contributed by atoms with Crippen molar-refractivity contribution in [2.75, 3.05) is 13.7 Å². The molecule has 1 aliphatic rings. The molecule has 3 nitrogen and oxygen atoms in total. The van der Waals surface area contributed by atoms with Crippen LogP contribution in [-0.4, -0.2) is 19.7 Å². The average molecular weight is 248 g/mol. The van der Waals surface area contributed by atoms with E-state index in [1.807, 2.05) is 0 Å². The standard InChI is InChI=1S/C15H24N2O/c1-9-7-13(10(2)11(3)15(9)18-4)14(16)8-17-12-5-6-12/h7,12,14,17H,5-6,8,16H2,1-4H3. The van der Waals surface area contributed by atoms with E-state index in [-0.39, 0.29) is 6.04 Å². The Morgan fingerprint density at radius 1 is 1.33 bits per heavy atom. The van der Waals surface area contributed by atoms with E-state index < -0.39 is 0 Å². The molecule has 0 amide bonds. The molecule has 0 aliphatic heterocycles. The number of hydrogen-bond acceptors (Lipinski definition) is 3. The van der Waals surface area contributed by atoms with Gasteiger partial charge in [0.1, 0.15) is 5.75 Å². The zero-order valence-corrected chi connectivity index (χ0v) is 11.8. The minimum Gasteiger partial charge on any atom is -0.496 e. The van der Waals surface area contributed by atoms with Crippen molar-refractivity contribution in [3.63, 3.8) is 0 Å². The molecule has 1 aromatic rings. The number of benzene rings is 1. The molecule has 0 spiro atoms. The van der Waals surface area contributed by atoms with Crippen LogP contribution in [0.2, 0.25) is 0 Å². The molecule has 1 atom stereocenters. The van der Waals surface area contributed by atoms with Crippen molar-refractivity contribution in [1.82, 2.24) is 5.32 Å². The number of nitrogens with one attached hydrogen (secondary N) is 1. The van der Waals surface area contributed by atoms with Gasteiger partial charge in [0.15, 0.2) is 0 Å². The molecule has 2 rings (SSSR count). The molecule has 0 radical (unpaired) electrons. The molecule has 1 fully saturated rings. The zero-order valence-electron chi connectivity index (χ0n) is 11.8. The molecule has 1 unspecified atom stereocenters. The van der Waals surface area contributed by atoms with Crippen LogP contribution in [0.3, 0.4) is 0 Å². The Morgan fingerprint density at radius 3 is 2.56 bits per heavy atom. The van der Waals surface area contributed by atoms with Crippen LogP contribution in [0.15, 0.2) is 6.07 Å². The summed E-state index contributed by atoms with van der Waals surface area (Å²) in [6.45, 7) is 7.17. The van der Waals surface area contributed by atoms with Gasteiger partial charge in [-0.05, 0) is 55.9 Å². The topological polar surface area (TPSA) is 47.3 Å². The molecule has 0 heterocycles. The Hall–Kier alpha value is -1.06. The lowest BCUT2D eigenvalue weighted by atomic mass is 9.94. The minimum absolute atomic E-state index is 0.0638. The van der Waals surface area contributed by atoms with Crippen molar-refractivity contribution in [2.24, 2.45) is 5.73 Å². The fourth-order valence-corrected chi connectivity index (χ4v) is 2.48. The third-order valence-electron chi connectivity index (χ3n) is 3.87. The fraction of sp³-hybridized carbons (Fsp3) is 0.600. The van der Waals surface area contributed by atoms with E-state index in [4.69, 9.17) is 10.5 Å². The molecule has 1 aliphatic carbocycles. The molecule has 1 saturated carbocycles. The van der Waals surface area contributed by atoms with Crippen LogP contribution in [0, 0.1) is 20.8 Å². The summed E-state index contributed by atoms with van der Waals surface area (Å²) in [6.07, 6.45) is 2.60. The summed E-state index contributed by atoms with van der Waals surface area (Å²) < 4.78 is 5.44. The summed E-state index contributed by atoms with van der Waals surface area (Å²) >= 11 is 0. The first kappa shape index (κ1) is 13.4. The average Bonchev–Trinajstić information content (AvgIpc) is 3.15. The van der Waals surface area contributed by atoms with Gasteiger partial charge in [-0.3, -0.25) is 0 Å².